The predicted octanol–water partition coefficient (Wildman–Crippen LogP) is 5.46. The molecule has 0 atom stereocenters. The number of sulfonamides is 1. The van der Waals surface area contributed by atoms with Crippen LogP contribution in [0.2, 0.25) is 10.0 Å². The molecule has 34 heavy (non-hydrogen) atoms. The van der Waals surface area contributed by atoms with E-state index in [0.29, 0.717) is 28.7 Å². The van der Waals surface area contributed by atoms with E-state index >= 15 is 0 Å². The first-order valence-electron chi connectivity index (χ1n) is 10.7. The molecular formula is C25H24Cl2N2O4S. The van der Waals surface area contributed by atoms with E-state index in [9.17, 15) is 18.3 Å². The second-order valence-corrected chi connectivity index (χ2v) is 11.2. The quantitative estimate of drug-likeness (QED) is 0.413. The summed E-state index contributed by atoms with van der Waals surface area (Å²) in [6.45, 7) is 2.93. The van der Waals surface area contributed by atoms with Crippen LogP contribution in [0.5, 0.6) is 0 Å². The molecule has 178 valence electrons. The summed E-state index contributed by atoms with van der Waals surface area (Å²) in [5.74, 6) is -1.20. The molecule has 0 bridgehead atoms. The minimum absolute atomic E-state index is 0.0429. The van der Waals surface area contributed by atoms with Gasteiger partial charge in [-0.05, 0) is 66.1 Å². The molecule has 1 saturated heterocycles. The van der Waals surface area contributed by atoms with Crippen LogP contribution in [0, 0.1) is 12.8 Å². The molecule has 0 unspecified atom stereocenters. The Morgan fingerprint density at radius 3 is 2.03 bits per heavy atom. The number of anilines is 1. The van der Waals surface area contributed by atoms with Gasteiger partial charge in [-0.15, -0.1) is 0 Å². The molecule has 0 saturated carbocycles. The predicted molar refractivity (Wildman–Crippen MR) is 135 cm³/mol. The number of hydrogen-bond acceptors (Lipinski definition) is 4. The highest BCUT2D eigenvalue weighted by Gasteiger charge is 2.36. The monoisotopic (exact) mass is 518 g/mol. The van der Waals surface area contributed by atoms with E-state index in [1.165, 1.54) is 12.1 Å². The summed E-state index contributed by atoms with van der Waals surface area (Å²) in [7, 11) is -3.65. The smallest absolute Gasteiger partial charge is 0.335 e. The van der Waals surface area contributed by atoms with Gasteiger partial charge in [-0.25, -0.2) is 13.2 Å². The van der Waals surface area contributed by atoms with Crippen molar-refractivity contribution >= 4 is 44.9 Å². The van der Waals surface area contributed by atoms with E-state index in [0.717, 1.165) is 11.1 Å². The van der Waals surface area contributed by atoms with Crippen molar-refractivity contribution in [1.29, 1.82) is 0 Å². The summed E-state index contributed by atoms with van der Waals surface area (Å²) in [6.07, 6.45) is 0. The van der Waals surface area contributed by atoms with Gasteiger partial charge < -0.3 is 5.11 Å². The SMILES string of the molecule is Cc1cc(NS(=O)(=O)CC2CN(C(c3ccc(Cl)cc3)c3ccc(Cl)cc3)C2)cc(C(=O)O)c1. The first kappa shape index (κ1) is 24.5. The van der Waals surface area contributed by atoms with E-state index in [1.54, 1.807) is 13.0 Å². The van der Waals surface area contributed by atoms with E-state index in [-0.39, 0.29) is 29.0 Å². The van der Waals surface area contributed by atoms with Gasteiger partial charge in [0, 0.05) is 34.7 Å². The normalized spacial score (nSPS) is 14.7. The van der Waals surface area contributed by atoms with Crippen molar-refractivity contribution in [2.45, 2.75) is 13.0 Å². The summed E-state index contributed by atoms with van der Waals surface area (Å²) in [5.41, 5.74) is 3.09. The highest BCUT2D eigenvalue weighted by atomic mass is 35.5. The van der Waals surface area contributed by atoms with Gasteiger partial charge in [-0.2, -0.15) is 0 Å². The van der Waals surface area contributed by atoms with Crippen molar-refractivity contribution in [2.24, 2.45) is 5.92 Å². The van der Waals surface area contributed by atoms with Crippen LogP contribution in [0.15, 0.2) is 66.7 Å². The molecule has 0 aromatic heterocycles. The summed E-state index contributed by atoms with van der Waals surface area (Å²) in [6, 6.07) is 19.7. The van der Waals surface area contributed by atoms with Crippen LogP contribution in [0.4, 0.5) is 5.69 Å². The molecule has 1 aliphatic heterocycles. The fraction of sp³-hybridized carbons (Fsp3) is 0.240. The lowest BCUT2D eigenvalue weighted by molar-refractivity contribution is 0.0696. The van der Waals surface area contributed by atoms with Gasteiger partial charge in [-0.3, -0.25) is 9.62 Å². The molecule has 6 nitrogen and oxygen atoms in total. The number of rotatable bonds is 8. The maximum atomic E-state index is 12.8. The second kappa shape index (κ2) is 9.96. The van der Waals surface area contributed by atoms with Gasteiger partial charge in [0.15, 0.2) is 0 Å². The molecule has 9 heteroatoms. The third kappa shape index (κ3) is 5.91. The zero-order valence-corrected chi connectivity index (χ0v) is 20.7. The van der Waals surface area contributed by atoms with E-state index in [4.69, 9.17) is 23.2 Å². The summed E-state index contributed by atoms with van der Waals surface area (Å²) >= 11 is 12.1. The molecule has 1 aliphatic rings. The lowest BCUT2D eigenvalue weighted by atomic mass is 9.91. The van der Waals surface area contributed by atoms with Crippen LogP contribution >= 0.6 is 23.2 Å². The van der Waals surface area contributed by atoms with Gasteiger partial charge in [-0.1, -0.05) is 47.5 Å². The molecule has 4 rings (SSSR count). The van der Waals surface area contributed by atoms with Gasteiger partial charge in [0.1, 0.15) is 0 Å². The first-order valence-corrected chi connectivity index (χ1v) is 13.1. The Morgan fingerprint density at radius 2 is 1.53 bits per heavy atom. The Bertz CT molecular complexity index is 1240. The average Bonchev–Trinajstić information content (AvgIpc) is 2.73. The lowest BCUT2D eigenvalue weighted by Crippen LogP contribution is -2.51. The second-order valence-electron chi connectivity index (χ2n) is 8.60. The molecule has 1 heterocycles. The maximum absolute atomic E-state index is 12.8. The number of aromatic carboxylic acids is 1. The fourth-order valence-electron chi connectivity index (χ4n) is 4.33. The van der Waals surface area contributed by atoms with Crippen molar-refractivity contribution < 1.29 is 18.3 Å². The maximum Gasteiger partial charge on any atom is 0.335 e. The topological polar surface area (TPSA) is 86.7 Å². The largest absolute Gasteiger partial charge is 0.478 e. The van der Waals surface area contributed by atoms with Crippen molar-refractivity contribution in [3.8, 4) is 0 Å². The summed E-state index contributed by atoms with van der Waals surface area (Å²) < 4.78 is 28.1. The minimum atomic E-state index is -3.65. The number of carboxylic acids is 1. The van der Waals surface area contributed by atoms with Gasteiger partial charge >= 0.3 is 5.97 Å². The number of carboxylic acid groups (broad SMARTS) is 1. The molecule has 0 spiro atoms. The zero-order chi connectivity index (χ0) is 24.5. The van der Waals surface area contributed by atoms with Crippen LogP contribution in [-0.2, 0) is 10.0 Å². The van der Waals surface area contributed by atoms with Crippen LogP contribution in [0.25, 0.3) is 0 Å². The van der Waals surface area contributed by atoms with Crippen LogP contribution in [-0.4, -0.2) is 43.2 Å². The molecule has 1 fully saturated rings. The number of benzene rings is 3. The third-order valence-electron chi connectivity index (χ3n) is 5.77. The average molecular weight is 519 g/mol. The van der Waals surface area contributed by atoms with Crippen molar-refractivity contribution in [1.82, 2.24) is 4.90 Å². The van der Waals surface area contributed by atoms with Crippen molar-refractivity contribution in [2.75, 3.05) is 23.6 Å². The summed E-state index contributed by atoms with van der Waals surface area (Å²) in [4.78, 5) is 13.5. The van der Waals surface area contributed by atoms with Crippen LogP contribution in [0.1, 0.15) is 33.1 Å². The highest BCUT2D eigenvalue weighted by molar-refractivity contribution is 7.92. The van der Waals surface area contributed by atoms with Gasteiger partial charge in [0.05, 0.1) is 17.4 Å². The first-order chi connectivity index (χ1) is 16.1. The Balaban J connectivity index is 1.46. The number of halogens is 2. The Kier molecular flexibility index (Phi) is 7.19. The molecule has 2 N–H and O–H groups in total. The van der Waals surface area contributed by atoms with Gasteiger partial charge in [0.2, 0.25) is 10.0 Å². The Hall–Kier alpha value is -2.58. The zero-order valence-electron chi connectivity index (χ0n) is 18.4. The number of aryl methyl sites for hydroxylation is 1. The fourth-order valence-corrected chi connectivity index (χ4v) is 5.97. The van der Waals surface area contributed by atoms with E-state index in [1.807, 2.05) is 48.5 Å². The third-order valence-corrected chi connectivity index (χ3v) is 7.74. The molecule has 0 amide bonds. The Morgan fingerprint density at radius 1 is 1.00 bits per heavy atom. The number of carbonyl (C=O) groups is 1. The number of nitrogens with zero attached hydrogens (tertiary/aromatic N) is 1. The van der Waals surface area contributed by atoms with Crippen molar-refractivity contribution in [3.05, 3.63) is 99.0 Å². The summed E-state index contributed by atoms with van der Waals surface area (Å²) in [5, 5.41) is 10.5. The minimum Gasteiger partial charge on any atom is -0.478 e. The van der Waals surface area contributed by atoms with Crippen LogP contribution < -0.4 is 4.72 Å². The molecule has 0 radical (unpaired) electrons. The molecular weight excluding hydrogens is 495 g/mol. The Labute approximate surface area is 209 Å². The molecule has 0 aliphatic carbocycles. The van der Waals surface area contributed by atoms with Gasteiger partial charge in [0.25, 0.3) is 0 Å². The van der Waals surface area contributed by atoms with E-state index < -0.39 is 16.0 Å². The lowest BCUT2D eigenvalue weighted by Gasteiger charge is -2.44. The molecule has 3 aromatic carbocycles. The number of nitrogens with one attached hydrogen (secondary N) is 1. The number of hydrogen-bond donors (Lipinski definition) is 2. The standard InChI is InChI=1S/C25H24Cl2N2O4S/c1-16-10-20(25(30)31)12-23(11-16)28-34(32,33)15-17-13-29(14-17)24(18-2-6-21(26)7-3-18)19-4-8-22(27)9-5-19/h2-12,17,24,28H,13-15H2,1H3,(H,30,31). The van der Waals surface area contributed by atoms with E-state index in [2.05, 4.69) is 9.62 Å². The number of likely N-dealkylation sites (tertiary alicyclic amines) is 1. The molecule has 3 aromatic rings. The highest BCUT2D eigenvalue weighted by Crippen LogP contribution is 2.36. The van der Waals surface area contributed by atoms with Crippen molar-refractivity contribution in [3.63, 3.8) is 0 Å². The van der Waals surface area contributed by atoms with Crippen LogP contribution in [0.3, 0.4) is 0 Å².